The maximum Gasteiger partial charge on any atom is 0.390 e. The quantitative estimate of drug-likeness (QED) is 0.315. The van der Waals surface area contributed by atoms with Crippen LogP contribution < -0.4 is 15.5 Å². The Bertz CT molecular complexity index is 1120. The molecule has 0 bridgehead atoms. The number of nitrogens with zero attached hydrogens (tertiary/aromatic N) is 2. The van der Waals surface area contributed by atoms with E-state index in [1.54, 1.807) is 30.0 Å². The summed E-state index contributed by atoms with van der Waals surface area (Å²) >= 11 is 0. The molecule has 11 heteroatoms. The van der Waals surface area contributed by atoms with Gasteiger partial charge in [0.15, 0.2) is 5.82 Å². The molecule has 8 nitrogen and oxygen atoms in total. The van der Waals surface area contributed by atoms with Crippen molar-refractivity contribution < 1.29 is 32.4 Å². The molecule has 1 heterocycles. The molecule has 2 amide bonds. The number of rotatable bonds is 8. The molecular weight excluding hydrogens is 513 g/mol. The first-order chi connectivity index (χ1) is 18.6. The zero-order chi connectivity index (χ0) is 28.0. The highest BCUT2D eigenvalue weighted by atomic mass is 19.4. The molecule has 5 rings (SSSR count). The smallest absolute Gasteiger partial charge is 0.390 e. The van der Waals surface area contributed by atoms with E-state index in [1.807, 2.05) is 0 Å². The summed E-state index contributed by atoms with van der Waals surface area (Å²) in [7, 11) is 0. The molecule has 3 N–H and O–H groups in total. The van der Waals surface area contributed by atoms with Crippen molar-refractivity contribution in [1.29, 1.82) is 0 Å². The van der Waals surface area contributed by atoms with E-state index in [9.17, 15) is 27.9 Å². The number of aryl methyl sites for hydroxylation is 1. The summed E-state index contributed by atoms with van der Waals surface area (Å²) in [6.07, 6.45) is 5.65. The summed E-state index contributed by atoms with van der Waals surface area (Å²) in [6, 6.07) is 5.98. The minimum atomic E-state index is -4.31. The number of anilines is 3. The summed E-state index contributed by atoms with van der Waals surface area (Å²) in [5.74, 6) is -0.872. The lowest BCUT2D eigenvalue weighted by Crippen LogP contribution is -2.39. The van der Waals surface area contributed by atoms with Crippen LogP contribution in [0.3, 0.4) is 0 Å². The first kappa shape index (κ1) is 28.8. The van der Waals surface area contributed by atoms with Crippen LogP contribution in [0.2, 0.25) is 0 Å². The topological polar surface area (TPSA) is 108 Å². The molecule has 0 radical (unpaired) electrons. The first-order valence-corrected chi connectivity index (χ1v) is 13.8. The number of hydrogen-bond donors (Lipinski definition) is 3. The monoisotopic (exact) mass is 550 g/mol. The third kappa shape index (κ3) is 8.37. The van der Waals surface area contributed by atoms with Crippen LogP contribution in [0.1, 0.15) is 87.9 Å². The number of aliphatic carboxylic acids is 1. The van der Waals surface area contributed by atoms with Crippen molar-refractivity contribution in [3.63, 3.8) is 0 Å². The van der Waals surface area contributed by atoms with E-state index in [-0.39, 0.29) is 24.3 Å². The van der Waals surface area contributed by atoms with Crippen molar-refractivity contribution in [2.24, 2.45) is 5.92 Å². The minimum absolute atomic E-state index is 0.0774. The van der Waals surface area contributed by atoms with Gasteiger partial charge in [0, 0.05) is 18.7 Å². The molecule has 1 aromatic heterocycles. The maximum atomic E-state index is 13.2. The minimum Gasteiger partial charge on any atom is -0.481 e. The Morgan fingerprint density at radius 3 is 2.26 bits per heavy atom. The number of alkyl halides is 3. The molecule has 0 spiro atoms. The number of hydrogen-bond acceptors (Lipinski definition) is 5. The van der Waals surface area contributed by atoms with Crippen LogP contribution in [0.4, 0.5) is 35.2 Å². The number of nitrogens with one attached hydrogen (secondary N) is 2. The van der Waals surface area contributed by atoms with Gasteiger partial charge in [-0.2, -0.15) is 13.2 Å². The molecule has 1 aromatic carbocycles. The number of urea groups is 1. The van der Waals surface area contributed by atoms with Crippen molar-refractivity contribution in [2.45, 2.75) is 95.7 Å². The Balaban J connectivity index is 0.000000808. The van der Waals surface area contributed by atoms with E-state index in [0.717, 1.165) is 37.7 Å². The molecule has 3 aliphatic carbocycles. The summed E-state index contributed by atoms with van der Waals surface area (Å²) in [6.45, 7) is 1.45. The SMILES string of the molecule is C1CCC1.Cc1cc(NC(=O)Nc2cc([C@@H]3C[C@@H]3C(=O)O)ccc2N(CCC(F)(F)F)C2CCCCC2)no1. The molecule has 3 fully saturated rings. The second-order valence-corrected chi connectivity index (χ2v) is 10.7. The van der Waals surface area contributed by atoms with Gasteiger partial charge in [0.05, 0.1) is 23.7 Å². The van der Waals surface area contributed by atoms with E-state index in [1.165, 1.54) is 31.7 Å². The van der Waals surface area contributed by atoms with E-state index in [2.05, 4.69) is 15.8 Å². The third-order valence-corrected chi connectivity index (χ3v) is 7.64. The zero-order valence-electron chi connectivity index (χ0n) is 22.2. The fourth-order valence-electron chi connectivity index (χ4n) is 5.06. The number of carbonyl (C=O) groups excluding carboxylic acids is 1. The Kier molecular flexibility index (Phi) is 9.40. The second-order valence-electron chi connectivity index (χ2n) is 10.7. The number of halogens is 3. The standard InChI is InChI=1S/C24H29F3N4O4.C4H8/c1-14-11-21(30-35-14)29-23(34)28-19-12-15(17-13-18(17)22(32)33)7-8-20(19)31(10-9-24(25,26)27)16-5-3-2-4-6-16;1-2-4-3-1/h7-8,11-12,16-18H,2-6,9-10,13H2,1H3,(H,32,33)(H2,28,29,30,34);1-4H2/t17-,18-;/m0./s1. The van der Waals surface area contributed by atoms with Crippen molar-refractivity contribution in [2.75, 3.05) is 22.1 Å². The van der Waals surface area contributed by atoms with Gasteiger partial charge in [-0.1, -0.05) is 56.2 Å². The lowest BCUT2D eigenvalue weighted by Gasteiger charge is -2.37. The fraction of sp³-hybridized carbons (Fsp3) is 0.607. The van der Waals surface area contributed by atoms with Crippen molar-refractivity contribution in [3.8, 4) is 0 Å². The highest BCUT2D eigenvalue weighted by Gasteiger charge is 2.44. The van der Waals surface area contributed by atoms with Crippen LogP contribution in [0, 0.1) is 12.8 Å². The molecule has 2 aromatic rings. The lowest BCUT2D eigenvalue weighted by atomic mass is 9.93. The normalized spacial score (nSPS) is 20.7. The average Bonchev–Trinajstić information content (AvgIpc) is 3.55. The van der Waals surface area contributed by atoms with Gasteiger partial charge in [-0.25, -0.2) is 4.79 Å². The van der Waals surface area contributed by atoms with Gasteiger partial charge in [-0.05, 0) is 49.8 Å². The van der Waals surface area contributed by atoms with Crippen molar-refractivity contribution >= 4 is 29.2 Å². The van der Waals surface area contributed by atoms with Crippen molar-refractivity contribution in [1.82, 2.24) is 5.16 Å². The summed E-state index contributed by atoms with van der Waals surface area (Å²) in [5.41, 5.74) is 1.56. The molecule has 0 saturated heterocycles. The summed E-state index contributed by atoms with van der Waals surface area (Å²) < 4.78 is 44.5. The van der Waals surface area contributed by atoms with Crippen LogP contribution >= 0.6 is 0 Å². The van der Waals surface area contributed by atoms with Crippen LogP contribution in [0.25, 0.3) is 0 Å². The second kappa shape index (κ2) is 12.7. The Morgan fingerprint density at radius 2 is 1.72 bits per heavy atom. The maximum absolute atomic E-state index is 13.2. The molecular formula is C28H37F3N4O4. The molecule has 2 atom stereocenters. The fourth-order valence-corrected chi connectivity index (χ4v) is 5.06. The molecule has 0 unspecified atom stereocenters. The molecule has 3 aliphatic rings. The highest BCUT2D eigenvalue weighted by molar-refractivity contribution is 6.01. The number of aromatic nitrogens is 1. The predicted molar refractivity (Wildman–Crippen MR) is 142 cm³/mol. The Hall–Kier alpha value is -3.24. The lowest BCUT2D eigenvalue weighted by molar-refractivity contribution is -0.138. The number of amides is 2. The van der Waals surface area contributed by atoms with Gasteiger partial charge < -0.3 is 19.8 Å². The molecule has 214 valence electrons. The van der Waals surface area contributed by atoms with Gasteiger partial charge in [0.25, 0.3) is 0 Å². The van der Waals surface area contributed by atoms with E-state index >= 15 is 0 Å². The Morgan fingerprint density at radius 1 is 1.05 bits per heavy atom. The van der Waals surface area contributed by atoms with Crippen molar-refractivity contribution in [3.05, 3.63) is 35.6 Å². The molecule has 39 heavy (non-hydrogen) atoms. The van der Waals surface area contributed by atoms with Crippen LogP contribution in [-0.2, 0) is 4.79 Å². The van der Waals surface area contributed by atoms with Gasteiger partial charge >= 0.3 is 18.2 Å². The summed E-state index contributed by atoms with van der Waals surface area (Å²) in [4.78, 5) is 25.8. The highest BCUT2D eigenvalue weighted by Crippen LogP contribution is 2.49. The molecule has 0 aliphatic heterocycles. The third-order valence-electron chi connectivity index (χ3n) is 7.64. The largest absolute Gasteiger partial charge is 0.481 e. The summed E-state index contributed by atoms with van der Waals surface area (Å²) in [5, 5.41) is 18.3. The molecule has 3 saturated carbocycles. The van der Waals surface area contributed by atoms with E-state index < -0.39 is 30.5 Å². The number of carbonyl (C=O) groups is 2. The van der Waals surface area contributed by atoms with Gasteiger partial charge in [0.1, 0.15) is 5.76 Å². The first-order valence-electron chi connectivity index (χ1n) is 13.8. The predicted octanol–water partition coefficient (Wildman–Crippen LogP) is 7.47. The van der Waals surface area contributed by atoms with Crippen LogP contribution in [0.15, 0.2) is 28.8 Å². The van der Waals surface area contributed by atoms with Gasteiger partial charge in [-0.3, -0.25) is 10.1 Å². The average molecular weight is 551 g/mol. The number of benzene rings is 1. The number of carboxylic acid groups (broad SMARTS) is 1. The van der Waals surface area contributed by atoms with Gasteiger partial charge in [-0.15, -0.1) is 0 Å². The number of carboxylic acids is 1. The van der Waals surface area contributed by atoms with E-state index in [0.29, 0.717) is 23.6 Å². The zero-order valence-corrected chi connectivity index (χ0v) is 22.2. The van der Waals surface area contributed by atoms with Gasteiger partial charge in [0.2, 0.25) is 0 Å². The van der Waals surface area contributed by atoms with E-state index in [4.69, 9.17) is 4.52 Å². The van der Waals surface area contributed by atoms with Crippen LogP contribution in [-0.4, -0.2) is 41.0 Å². The Labute approximate surface area is 226 Å². The van der Waals surface area contributed by atoms with Crippen LogP contribution in [0.5, 0.6) is 0 Å².